The van der Waals surface area contributed by atoms with Gasteiger partial charge >= 0.3 is 0 Å². The van der Waals surface area contributed by atoms with Gasteiger partial charge < -0.3 is 4.90 Å². The third-order valence-electron chi connectivity index (χ3n) is 8.00. The average Bonchev–Trinajstić information content (AvgIpc) is 2.52. The minimum absolute atomic E-state index is 0.0914. The number of amides is 1. The van der Waals surface area contributed by atoms with E-state index in [0.29, 0.717) is 11.9 Å². The summed E-state index contributed by atoms with van der Waals surface area (Å²) in [6.45, 7) is 1.07. The Labute approximate surface area is 135 Å². The molecule has 1 aliphatic heterocycles. The molecule has 1 saturated heterocycles. The van der Waals surface area contributed by atoms with Crippen LogP contribution in [-0.4, -0.2) is 23.4 Å². The molecular formula is C20H31NO. The van der Waals surface area contributed by atoms with Gasteiger partial charge in [-0.2, -0.15) is 0 Å². The number of rotatable bonds is 1. The number of fused-ring (bicyclic) bond motifs is 1. The van der Waals surface area contributed by atoms with Crippen LogP contribution in [0.15, 0.2) is 0 Å². The van der Waals surface area contributed by atoms with E-state index in [0.717, 1.165) is 30.2 Å². The van der Waals surface area contributed by atoms with Crippen LogP contribution < -0.4 is 0 Å². The van der Waals surface area contributed by atoms with Gasteiger partial charge in [0.2, 0.25) is 5.91 Å². The van der Waals surface area contributed by atoms with E-state index in [1.54, 1.807) is 0 Å². The quantitative estimate of drug-likeness (QED) is 0.703. The Morgan fingerprint density at radius 2 is 1.41 bits per heavy atom. The first kappa shape index (κ1) is 13.9. The smallest absolute Gasteiger partial charge is 0.229 e. The van der Waals surface area contributed by atoms with Gasteiger partial charge in [0, 0.05) is 12.6 Å². The van der Waals surface area contributed by atoms with Crippen molar-refractivity contribution in [3.05, 3.63) is 0 Å². The highest BCUT2D eigenvalue weighted by atomic mass is 16.2. The average molecular weight is 301 g/mol. The van der Waals surface area contributed by atoms with Crippen LogP contribution in [0, 0.1) is 29.1 Å². The summed E-state index contributed by atoms with van der Waals surface area (Å²) in [4.78, 5) is 16.0. The van der Waals surface area contributed by atoms with Crippen LogP contribution in [0.3, 0.4) is 0 Å². The van der Waals surface area contributed by atoms with Crippen LogP contribution in [0.4, 0.5) is 0 Å². The van der Waals surface area contributed by atoms with Crippen molar-refractivity contribution >= 4 is 5.91 Å². The predicted molar refractivity (Wildman–Crippen MR) is 87.3 cm³/mol. The summed E-state index contributed by atoms with van der Waals surface area (Å²) in [6.07, 6.45) is 16.1. The predicted octanol–water partition coefficient (Wildman–Crippen LogP) is 4.38. The molecule has 0 spiro atoms. The first-order valence-corrected chi connectivity index (χ1v) is 10.0. The van der Waals surface area contributed by atoms with Crippen molar-refractivity contribution in [3.63, 3.8) is 0 Å². The van der Waals surface area contributed by atoms with E-state index >= 15 is 0 Å². The van der Waals surface area contributed by atoms with E-state index in [4.69, 9.17) is 0 Å². The minimum Gasteiger partial charge on any atom is -0.339 e. The maximum Gasteiger partial charge on any atom is 0.229 e. The molecule has 6 rings (SSSR count). The molecule has 1 heterocycles. The Bertz CT molecular complexity index is 433. The monoisotopic (exact) mass is 301 g/mol. The summed E-state index contributed by atoms with van der Waals surface area (Å²) in [7, 11) is 0. The molecule has 5 aliphatic carbocycles. The zero-order valence-corrected chi connectivity index (χ0v) is 13.9. The van der Waals surface area contributed by atoms with Gasteiger partial charge in [0.15, 0.2) is 0 Å². The summed E-state index contributed by atoms with van der Waals surface area (Å²) in [5.41, 5.74) is 0.0914. The summed E-state index contributed by atoms with van der Waals surface area (Å²) in [5.74, 6) is 4.12. The number of hydrogen-bond acceptors (Lipinski definition) is 1. The van der Waals surface area contributed by atoms with Crippen LogP contribution in [-0.2, 0) is 4.79 Å². The minimum atomic E-state index is 0.0914. The van der Waals surface area contributed by atoms with Crippen molar-refractivity contribution in [3.8, 4) is 0 Å². The van der Waals surface area contributed by atoms with Crippen LogP contribution in [0.1, 0.15) is 77.0 Å². The van der Waals surface area contributed by atoms with Crippen LogP contribution in [0.5, 0.6) is 0 Å². The third-order valence-corrected chi connectivity index (χ3v) is 8.00. The lowest BCUT2D eigenvalue weighted by atomic mass is 9.49. The van der Waals surface area contributed by atoms with Gasteiger partial charge in [-0.25, -0.2) is 0 Å². The molecule has 4 bridgehead atoms. The van der Waals surface area contributed by atoms with Crippen molar-refractivity contribution in [1.29, 1.82) is 0 Å². The number of piperidine rings is 1. The van der Waals surface area contributed by atoms with Crippen LogP contribution in [0.2, 0.25) is 0 Å². The highest BCUT2D eigenvalue weighted by molar-refractivity contribution is 5.83. The Hall–Kier alpha value is -0.530. The second-order valence-corrected chi connectivity index (χ2v) is 9.45. The van der Waals surface area contributed by atoms with Gasteiger partial charge in [-0.1, -0.05) is 12.8 Å². The second-order valence-electron chi connectivity index (χ2n) is 9.45. The third kappa shape index (κ3) is 2.01. The first-order valence-electron chi connectivity index (χ1n) is 10.0. The molecule has 122 valence electrons. The molecule has 0 aromatic carbocycles. The Kier molecular flexibility index (Phi) is 3.14. The highest BCUT2D eigenvalue weighted by Crippen LogP contribution is 2.61. The number of carbonyl (C=O) groups excluding carboxylic acids is 1. The summed E-state index contributed by atoms with van der Waals surface area (Å²) >= 11 is 0. The number of carbonyl (C=O) groups is 1. The lowest BCUT2D eigenvalue weighted by Crippen LogP contribution is -2.59. The van der Waals surface area contributed by atoms with Crippen LogP contribution >= 0.6 is 0 Å². The van der Waals surface area contributed by atoms with Crippen molar-refractivity contribution in [1.82, 2.24) is 4.90 Å². The standard InChI is InChI=1S/C20H31NO/c22-19(21-7-3-5-17-4-1-2-6-18(17)21)20-11-14-8-15(12-20)10-16(9-14)13-20/h14-18H,1-13H2. The van der Waals surface area contributed by atoms with Gasteiger partial charge in [0.25, 0.3) is 0 Å². The fourth-order valence-corrected chi connectivity index (χ4v) is 7.55. The van der Waals surface area contributed by atoms with E-state index in [-0.39, 0.29) is 5.41 Å². The fourth-order valence-electron chi connectivity index (χ4n) is 7.55. The van der Waals surface area contributed by atoms with Gasteiger partial charge in [-0.05, 0) is 87.9 Å². The number of likely N-dealkylation sites (tertiary alicyclic amines) is 1. The molecule has 2 heteroatoms. The normalized spacial score (nSPS) is 50.0. The molecule has 6 fully saturated rings. The molecule has 0 aromatic heterocycles. The van der Waals surface area contributed by atoms with Gasteiger partial charge in [0.05, 0.1) is 5.41 Å². The van der Waals surface area contributed by atoms with Crippen LogP contribution in [0.25, 0.3) is 0 Å². The van der Waals surface area contributed by atoms with E-state index in [1.165, 1.54) is 77.0 Å². The lowest BCUT2D eigenvalue weighted by Gasteiger charge is -2.58. The lowest BCUT2D eigenvalue weighted by molar-refractivity contribution is -0.164. The summed E-state index contributed by atoms with van der Waals surface area (Å²) in [5, 5.41) is 0. The topological polar surface area (TPSA) is 20.3 Å². The van der Waals surface area contributed by atoms with E-state index in [9.17, 15) is 4.79 Å². The summed E-state index contributed by atoms with van der Waals surface area (Å²) < 4.78 is 0. The Morgan fingerprint density at radius 1 is 0.818 bits per heavy atom. The molecule has 1 amide bonds. The molecule has 2 unspecified atom stereocenters. The van der Waals surface area contributed by atoms with E-state index in [2.05, 4.69) is 4.90 Å². The maximum atomic E-state index is 13.6. The Balaban J connectivity index is 1.41. The van der Waals surface area contributed by atoms with Crippen molar-refractivity contribution in [2.45, 2.75) is 83.1 Å². The molecule has 0 aromatic rings. The van der Waals surface area contributed by atoms with Gasteiger partial charge in [0.1, 0.15) is 0 Å². The summed E-state index contributed by atoms with van der Waals surface area (Å²) in [6, 6.07) is 0.614. The zero-order valence-electron chi connectivity index (χ0n) is 13.9. The molecule has 0 radical (unpaired) electrons. The largest absolute Gasteiger partial charge is 0.339 e. The number of hydrogen-bond donors (Lipinski definition) is 0. The SMILES string of the molecule is O=C(N1CCCC2CCCCC21)C12CC3CC(CC(C3)C1)C2. The molecule has 2 atom stereocenters. The zero-order chi connectivity index (χ0) is 14.7. The maximum absolute atomic E-state index is 13.6. The molecule has 6 aliphatic rings. The second kappa shape index (κ2) is 4.98. The van der Waals surface area contributed by atoms with Crippen molar-refractivity contribution in [2.75, 3.05) is 6.54 Å². The molecular weight excluding hydrogens is 270 g/mol. The fraction of sp³-hybridized carbons (Fsp3) is 0.950. The van der Waals surface area contributed by atoms with E-state index < -0.39 is 0 Å². The van der Waals surface area contributed by atoms with Crippen molar-refractivity contribution < 1.29 is 4.79 Å². The van der Waals surface area contributed by atoms with Gasteiger partial charge in [-0.3, -0.25) is 4.79 Å². The molecule has 2 nitrogen and oxygen atoms in total. The number of nitrogens with zero attached hydrogens (tertiary/aromatic N) is 1. The molecule has 22 heavy (non-hydrogen) atoms. The highest BCUT2D eigenvalue weighted by Gasteiger charge is 2.56. The first-order chi connectivity index (χ1) is 10.7. The molecule has 0 N–H and O–H groups in total. The van der Waals surface area contributed by atoms with Gasteiger partial charge in [-0.15, -0.1) is 0 Å². The Morgan fingerprint density at radius 3 is 2.09 bits per heavy atom. The molecule has 5 saturated carbocycles. The van der Waals surface area contributed by atoms with E-state index in [1.807, 2.05) is 0 Å². The van der Waals surface area contributed by atoms with Crippen molar-refractivity contribution in [2.24, 2.45) is 29.1 Å².